The predicted octanol–water partition coefficient (Wildman–Crippen LogP) is 3.72. The fourth-order valence-corrected chi connectivity index (χ4v) is 3.77. The molecule has 3 amide bonds. The van der Waals surface area contributed by atoms with Crippen molar-refractivity contribution in [1.29, 1.82) is 0 Å². The third-order valence-electron chi connectivity index (χ3n) is 5.42. The number of urea groups is 1. The molecule has 0 saturated carbocycles. The highest BCUT2D eigenvalue weighted by atomic mass is 16.5. The third kappa shape index (κ3) is 5.66. The van der Waals surface area contributed by atoms with E-state index in [4.69, 9.17) is 4.74 Å². The molecule has 1 atom stereocenters. The van der Waals surface area contributed by atoms with Crippen molar-refractivity contribution in [2.75, 3.05) is 13.2 Å². The van der Waals surface area contributed by atoms with Gasteiger partial charge in [-0.25, -0.2) is 4.79 Å². The van der Waals surface area contributed by atoms with Crippen LogP contribution in [0, 0.1) is 0 Å². The van der Waals surface area contributed by atoms with Crippen molar-refractivity contribution in [2.45, 2.75) is 25.4 Å². The number of rotatable bonds is 7. The Morgan fingerprint density at radius 1 is 0.875 bits per heavy atom. The minimum absolute atomic E-state index is 0.0990. The summed E-state index contributed by atoms with van der Waals surface area (Å²) in [4.78, 5) is 24.8. The van der Waals surface area contributed by atoms with Gasteiger partial charge in [0.15, 0.2) is 0 Å². The molecule has 0 aliphatic carbocycles. The molecule has 0 fully saturated rings. The van der Waals surface area contributed by atoms with E-state index in [2.05, 4.69) is 22.0 Å². The van der Waals surface area contributed by atoms with Crippen LogP contribution in [0.5, 0.6) is 5.75 Å². The number of carbonyl (C=O) groups excluding carboxylic acids is 2. The van der Waals surface area contributed by atoms with E-state index in [1.54, 1.807) is 0 Å². The lowest BCUT2D eigenvalue weighted by Gasteiger charge is -2.23. The van der Waals surface area contributed by atoms with Crippen molar-refractivity contribution in [3.8, 4) is 5.75 Å². The Hall–Kier alpha value is -3.80. The molecule has 4 rings (SSSR count). The Morgan fingerprint density at radius 2 is 1.62 bits per heavy atom. The molecule has 1 unspecified atom stereocenters. The average Bonchev–Trinajstić information content (AvgIpc) is 2.85. The fourth-order valence-electron chi connectivity index (χ4n) is 3.77. The van der Waals surface area contributed by atoms with Crippen molar-refractivity contribution in [2.24, 2.45) is 0 Å². The molecule has 0 radical (unpaired) electrons. The second kappa shape index (κ2) is 10.5. The lowest BCUT2D eigenvalue weighted by Crippen LogP contribution is -2.43. The largest absolute Gasteiger partial charge is 0.493 e. The number of carbonyl (C=O) groups is 2. The zero-order valence-electron chi connectivity index (χ0n) is 17.8. The summed E-state index contributed by atoms with van der Waals surface area (Å²) in [6, 6.07) is 24.7. The Bertz CT molecular complexity index is 1050. The highest BCUT2D eigenvalue weighted by Crippen LogP contribution is 2.30. The van der Waals surface area contributed by atoms with Crippen LogP contribution in [-0.2, 0) is 17.8 Å². The number of hydrogen-bond acceptors (Lipinski definition) is 3. The smallest absolute Gasteiger partial charge is 0.315 e. The summed E-state index contributed by atoms with van der Waals surface area (Å²) in [5, 5.41) is 8.49. The molecule has 0 saturated heterocycles. The van der Waals surface area contributed by atoms with Gasteiger partial charge in [0.1, 0.15) is 5.75 Å². The molecule has 6 nitrogen and oxygen atoms in total. The first-order chi connectivity index (χ1) is 15.7. The molecule has 0 spiro atoms. The van der Waals surface area contributed by atoms with E-state index >= 15 is 0 Å². The molecular formula is C26H27N3O3. The van der Waals surface area contributed by atoms with Gasteiger partial charge in [0.05, 0.1) is 19.2 Å². The normalized spacial score (nSPS) is 13.2. The van der Waals surface area contributed by atoms with Gasteiger partial charge in [0.25, 0.3) is 0 Å². The van der Waals surface area contributed by atoms with Gasteiger partial charge in [-0.1, -0.05) is 66.7 Å². The Balaban J connectivity index is 1.39. The molecule has 0 aromatic heterocycles. The zero-order chi connectivity index (χ0) is 22.2. The van der Waals surface area contributed by atoms with Crippen molar-refractivity contribution >= 4 is 11.9 Å². The fraction of sp³-hybridized carbons (Fsp3) is 0.231. The monoisotopic (exact) mass is 429 g/mol. The summed E-state index contributed by atoms with van der Waals surface area (Å²) < 4.78 is 5.72. The van der Waals surface area contributed by atoms with Crippen LogP contribution >= 0.6 is 0 Å². The number of aryl methyl sites for hydroxylation is 1. The van der Waals surface area contributed by atoms with Crippen LogP contribution in [0.25, 0.3) is 0 Å². The summed E-state index contributed by atoms with van der Waals surface area (Å²) in [5.41, 5.74) is 4.10. The Labute approximate surface area is 188 Å². The lowest BCUT2D eigenvalue weighted by atomic mass is 9.95. The van der Waals surface area contributed by atoms with Gasteiger partial charge >= 0.3 is 6.03 Å². The topological polar surface area (TPSA) is 79.5 Å². The van der Waals surface area contributed by atoms with E-state index in [0.29, 0.717) is 6.54 Å². The van der Waals surface area contributed by atoms with Crippen molar-refractivity contribution in [1.82, 2.24) is 16.0 Å². The first-order valence-corrected chi connectivity index (χ1v) is 10.8. The SMILES string of the molecule is O=C(CNC(=O)NC(c1ccccc1)c1ccc2c(c1)CCCO2)NCc1ccccc1. The van der Waals surface area contributed by atoms with Gasteiger partial charge in [0.2, 0.25) is 5.91 Å². The predicted molar refractivity (Wildman–Crippen MR) is 123 cm³/mol. The highest BCUT2D eigenvalue weighted by Gasteiger charge is 2.20. The Morgan fingerprint density at radius 3 is 2.41 bits per heavy atom. The zero-order valence-corrected chi connectivity index (χ0v) is 17.8. The number of nitrogens with one attached hydrogen (secondary N) is 3. The quantitative estimate of drug-likeness (QED) is 0.536. The number of ether oxygens (including phenoxy) is 1. The summed E-state index contributed by atoms with van der Waals surface area (Å²) >= 11 is 0. The molecule has 3 aromatic carbocycles. The van der Waals surface area contributed by atoms with Gasteiger partial charge in [-0.05, 0) is 47.2 Å². The molecule has 6 heteroatoms. The van der Waals surface area contributed by atoms with Crippen LogP contribution in [0.2, 0.25) is 0 Å². The molecule has 164 valence electrons. The van der Waals surface area contributed by atoms with Crippen molar-refractivity contribution in [3.63, 3.8) is 0 Å². The molecule has 1 aliphatic heterocycles. The molecular weight excluding hydrogens is 402 g/mol. The first-order valence-electron chi connectivity index (χ1n) is 10.8. The summed E-state index contributed by atoms with van der Waals surface area (Å²) in [6.45, 7) is 1.06. The average molecular weight is 430 g/mol. The minimum atomic E-state index is -0.400. The molecule has 0 bridgehead atoms. The second-order valence-electron chi connectivity index (χ2n) is 7.75. The highest BCUT2D eigenvalue weighted by molar-refractivity contribution is 5.84. The molecule has 1 aliphatic rings. The molecule has 3 N–H and O–H groups in total. The van der Waals surface area contributed by atoms with E-state index in [1.165, 1.54) is 0 Å². The van der Waals surface area contributed by atoms with E-state index in [9.17, 15) is 9.59 Å². The van der Waals surface area contributed by atoms with Gasteiger partial charge in [-0.3, -0.25) is 4.79 Å². The van der Waals surface area contributed by atoms with Gasteiger partial charge < -0.3 is 20.7 Å². The second-order valence-corrected chi connectivity index (χ2v) is 7.75. The molecule has 3 aromatic rings. The van der Waals surface area contributed by atoms with E-state index in [1.807, 2.05) is 72.8 Å². The van der Waals surface area contributed by atoms with Crippen LogP contribution in [0.1, 0.15) is 34.7 Å². The maximum absolute atomic E-state index is 12.6. The minimum Gasteiger partial charge on any atom is -0.493 e. The summed E-state index contributed by atoms with van der Waals surface area (Å²) in [5.74, 6) is 0.664. The van der Waals surface area contributed by atoms with Crippen molar-refractivity contribution < 1.29 is 14.3 Å². The lowest BCUT2D eigenvalue weighted by molar-refractivity contribution is -0.120. The molecule has 1 heterocycles. The number of amides is 3. The first kappa shape index (κ1) is 21.4. The molecule has 32 heavy (non-hydrogen) atoms. The summed E-state index contributed by atoms with van der Waals surface area (Å²) in [7, 11) is 0. The maximum atomic E-state index is 12.6. The number of benzene rings is 3. The number of fused-ring (bicyclic) bond motifs is 1. The van der Waals surface area contributed by atoms with Crippen LogP contribution in [0.4, 0.5) is 4.79 Å². The maximum Gasteiger partial charge on any atom is 0.315 e. The summed E-state index contributed by atoms with van der Waals surface area (Å²) in [6.07, 6.45) is 1.94. The standard InChI is InChI=1S/C26H27N3O3/c30-24(27-17-19-8-3-1-4-9-19)18-28-26(31)29-25(20-10-5-2-6-11-20)22-13-14-23-21(16-22)12-7-15-32-23/h1-6,8-11,13-14,16,25H,7,12,15,17-18H2,(H,27,30)(H2,28,29,31). The van der Waals surface area contributed by atoms with Crippen LogP contribution in [-0.4, -0.2) is 25.1 Å². The van der Waals surface area contributed by atoms with Gasteiger partial charge in [-0.15, -0.1) is 0 Å². The number of hydrogen-bond donors (Lipinski definition) is 3. The van der Waals surface area contributed by atoms with Gasteiger partial charge in [-0.2, -0.15) is 0 Å². The van der Waals surface area contributed by atoms with Crippen molar-refractivity contribution in [3.05, 3.63) is 101 Å². The van der Waals surface area contributed by atoms with E-state index < -0.39 is 6.03 Å². The van der Waals surface area contributed by atoms with E-state index in [0.717, 1.165) is 47.5 Å². The van der Waals surface area contributed by atoms with E-state index in [-0.39, 0.29) is 18.5 Å². The Kier molecular flexibility index (Phi) is 7.02. The van der Waals surface area contributed by atoms with Crippen LogP contribution in [0.15, 0.2) is 78.9 Å². The van der Waals surface area contributed by atoms with Crippen LogP contribution < -0.4 is 20.7 Å². The van der Waals surface area contributed by atoms with Gasteiger partial charge in [0, 0.05) is 6.54 Å². The van der Waals surface area contributed by atoms with Crippen LogP contribution in [0.3, 0.4) is 0 Å². The third-order valence-corrected chi connectivity index (χ3v) is 5.42.